The predicted octanol–water partition coefficient (Wildman–Crippen LogP) is 5.74. The van der Waals surface area contributed by atoms with Gasteiger partial charge in [-0.3, -0.25) is 4.79 Å². The highest BCUT2D eigenvalue weighted by Crippen LogP contribution is 2.34. The molecule has 2 nitrogen and oxygen atoms in total. The number of rotatable bonds is 2. The Morgan fingerprint density at radius 1 is 1.33 bits per heavy atom. The third-order valence-corrected chi connectivity index (χ3v) is 5.07. The summed E-state index contributed by atoms with van der Waals surface area (Å²) >= 11 is 10.3. The highest BCUT2D eigenvalue weighted by atomic mass is 79.9. The van der Waals surface area contributed by atoms with Crippen molar-refractivity contribution in [2.45, 2.75) is 13.1 Å². The molecule has 2 aromatic rings. The van der Waals surface area contributed by atoms with Gasteiger partial charge < -0.3 is 5.32 Å². The monoisotopic (exact) mass is 397 g/mol. The maximum atomic E-state index is 12.5. The molecular formula is C13H8BrClF3NOS. The zero-order valence-corrected chi connectivity index (χ0v) is 13.7. The van der Waals surface area contributed by atoms with Gasteiger partial charge in [-0.05, 0) is 52.7 Å². The Labute approximate surface area is 136 Å². The van der Waals surface area contributed by atoms with Gasteiger partial charge in [-0.25, -0.2) is 0 Å². The summed E-state index contributed by atoms with van der Waals surface area (Å²) in [5.41, 5.74) is 0.181. The third-order valence-electron chi connectivity index (χ3n) is 2.63. The van der Waals surface area contributed by atoms with Crippen LogP contribution in [0.2, 0.25) is 5.02 Å². The SMILES string of the molecule is Cc1cc(C(=O)Nc2ccc(C(F)(F)F)cc2Cl)sc1Br. The molecule has 1 amide bonds. The summed E-state index contributed by atoms with van der Waals surface area (Å²) < 4.78 is 38.4. The lowest BCUT2D eigenvalue weighted by molar-refractivity contribution is -0.137. The number of hydrogen-bond donors (Lipinski definition) is 1. The second-order valence-corrected chi connectivity index (χ2v) is 6.99. The fourth-order valence-electron chi connectivity index (χ4n) is 1.55. The van der Waals surface area contributed by atoms with E-state index in [1.165, 1.54) is 11.3 Å². The van der Waals surface area contributed by atoms with E-state index in [1.54, 1.807) is 6.07 Å². The van der Waals surface area contributed by atoms with Crippen LogP contribution in [-0.2, 0) is 6.18 Å². The van der Waals surface area contributed by atoms with E-state index in [0.717, 1.165) is 27.5 Å². The van der Waals surface area contributed by atoms with E-state index in [0.29, 0.717) is 4.88 Å². The maximum Gasteiger partial charge on any atom is 0.416 e. The number of thiophene rings is 1. The highest BCUT2D eigenvalue weighted by molar-refractivity contribution is 9.11. The topological polar surface area (TPSA) is 29.1 Å². The smallest absolute Gasteiger partial charge is 0.320 e. The molecular weight excluding hydrogens is 391 g/mol. The van der Waals surface area contributed by atoms with Gasteiger partial charge in [-0.15, -0.1) is 11.3 Å². The quantitative estimate of drug-likeness (QED) is 0.686. The van der Waals surface area contributed by atoms with Crippen LogP contribution < -0.4 is 5.32 Å². The van der Waals surface area contributed by atoms with E-state index in [4.69, 9.17) is 11.6 Å². The molecule has 1 heterocycles. The molecule has 0 atom stereocenters. The molecule has 0 saturated heterocycles. The van der Waals surface area contributed by atoms with Crippen molar-refractivity contribution in [2.75, 3.05) is 5.32 Å². The molecule has 21 heavy (non-hydrogen) atoms. The van der Waals surface area contributed by atoms with Crippen molar-refractivity contribution in [3.63, 3.8) is 0 Å². The second-order valence-electron chi connectivity index (χ2n) is 4.21. The van der Waals surface area contributed by atoms with Crippen molar-refractivity contribution in [3.05, 3.63) is 49.1 Å². The van der Waals surface area contributed by atoms with Crippen molar-refractivity contribution >= 4 is 50.5 Å². The first-order valence-corrected chi connectivity index (χ1v) is 7.61. The zero-order chi connectivity index (χ0) is 15.8. The number of hydrogen-bond acceptors (Lipinski definition) is 2. The van der Waals surface area contributed by atoms with Gasteiger partial charge in [0.05, 0.1) is 24.9 Å². The van der Waals surface area contributed by atoms with Gasteiger partial charge in [-0.1, -0.05) is 11.6 Å². The summed E-state index contributed by atoms with van der Waals surface area (Å²) in [6.07, 6.45) is -4.47. The van der Waals surface area contributed by atoms with Crippen molar-refractivity contribution in [3.8, 4) is 0 Å². The van der Waals surface area contributed by atoms with E-state index in [-0.39, 0.29) is 10.7 Å². The van der Waals surface area contributed by atoms with E-state index in [2.05, 4.69) is 21.2 Å². The number of amides is 1. The molecule has 0 saturated carbocycles. The van der Waals surface area contributed by atoms with Crippen LogP contribution in [0.3, 0.4) is 0 Å². The summed E-state index contributed by atoms with van der Waals surface area (Å²) in [4.78, 5) is 12.5. The van der Waals surface area contributed by atoms with E-state index < -0.39 is 17.6 Å². The van der Waals surface area contributed by atoms with Crippen LogP contribution in [0, 0.1) is 6.92 Å². The lowest BCUT2D eigenvalue weighted by atomic mass is 10.2. The largest absolute Gasteiger partial charge is 0.416 e. The Morgan fingerprint density at radius 3 is 2.48 bits per heavy atom. The zero-order valence-electron chi connectivity index (χ0n) is 10.5. The van der Waals surface area contributed by atoms with Crippen LogP contribution in [0.4, 0.5) is 18.9 Å². The molecule has 0 aliphatic carbocycles. The molecule has 8 heteroatoms. The summed E-state index contributed by atoms with van der Waals surface area (Å²) in [5, 5.41) is 2.34. The van der Waals surface area contributed by atoms with Crippen LogP contribution in [0.25, 0.3) is 0 Å². The van der Waals surface area contributed by atoms with Crippen molar-refractivity contribution < 1.29 is 18.0 Å². The third kappa shape index (κ3) is 3.78. The standard InChI is InChI=1S/C13H8BrClF3NOS/c1-6-4-10(21-11(6)14)12(20)19-9-3-2-7(5-8(9)15)13(16,17)18/h2-5H,1H3,(H,19,20). The van der Waals surface area contributed by atoms with Gasteiger partial charge >= 0.3 is 6.18 Å². The molecule has 0 bridgehead atoms. The molecule has 1 aromatic carbocycles. The molecule has 112 valence electrons. The van der Waals surface area contributed by atoms with E-state index in [1.807, 2.05) is 6.92 Å². The number of alkyl halides is 3. The van der Waals surface area contributed by atoms with Crippen molar-refractivity contribution in [1.82, 2.24) is 0 Å². The van der Waals surface area contributed by atoms with Gasteiger partial charge in [0, 0.05) is 0 Å². The minimum atomic E-state index is -4.47. The summed E-state index contributed by atoms with van der Waals surface area (Å²) in [5.74, 6) is -0.421. The first kappa shape index (κ1) is 16.3. The number of halogens is 5. The maximum absolute atomic E-state index is 12.5. The average molecular weight is 399 g/mol. The minimum Gasteiger partial charge on any atom is -0.320 e. The Morgan fingerprint density at radius 2 is 2.00 bits per heavy atom. The van der Waals surface area contributed by atoms with Gasteiger partial charge in [0.25, 0.3) is 5.91 Å². The first-order valence-electron chi connectivity index (χ1n) is 5.62. The Bertz CT molecular complexity index is 680. The number of carbonyl (C=O) groups is 1. The van der Waals surface area contributed by atoms with E-state index >= 15 is 0 Å². The molecule has 0 aliphatic rings. The molecule has 1 aromatic heterocycles. The minimum absolute atomic E-state index is 0.136. The summed E-state index contributed by atoms with van der Waals surface area (Å²) in [6, 6.07) is 4.48. The molecule has 0 unspecified atom stereocenters. The average Bonchev–Trinajstić information content (AvgIpc) is 2.71. The first-order chi connectivity index (χ1) is 9.68. The number of aryl methyl sites for hydroxylation is 1. The Kier molecular flexibility index (Phi) is 4.65. The van der Waals surface area contributed by atoms with Crippen LogP contribution >= 0.6 is 38.9 Å². The predicted molar refractivity (Wildman–Crippen MR) is 81.2 cm³/mol. The summed E-state index contributed by atoms with van der Waals surface area (Å²) in [7, 11) is 0. The second kappa shape index (κ2) is 5.98. The van der Waals surface area contributed by atoms with Crippen molar-refractivity contribution in [1.29, 1.82) is 0 Å². The molecule has 0 fully saturated rings. The fraction of sp³-hybridized carbons (Fsp3) is 0.154. The Balaban J connectivity index is 2.22. The highest BCUT2D eigenvalue weighted by Gasteiger charge is 2.31. The summed E-state index contributed by atoms with van der Waals surface area (Å²) in [6.45, 7) is 1.84. The Hall–Kier alpha value is -1.05. The molecule has 0 radical (unpaired) electrons. The van der Waals surface area contributed by atoms with Crippen molar-refractivity contribution in [2.24, 2.45) is 0 Å². The van der Waals surface area contributed by atoms with Crippen LogP contribution in [-0.4, -0.2) is 5.91 Å². The van der Waals surface area contributed by atoms with Gasteiger partial charge in [-0.2, -0.15) is 13.2 Å². The molecule has 1 N–H and O–H groups in total. The number of carbonyl (C=O) groups excluding carboxylic acids is 1. The normalized spacial score (nSPS) is 11.5. The van der Waals surface area contributed by atoms with E-state index in [9.17, 15) is 18.0 Å². The number of benzene rings is 1. The number of anilines is 1. The molecule has 0 spiro atoms. The van der Waals surface area contributed by atoms with Crippen LogP contribution in [0.5, 0.6) is 0 Å². The molecule has 0 aliphatic heterocycles. The van der Waals surface area contributed by atoms with Gasteiger partial charge in [0.15, 0.2) is 0 Å². The van der Waals surface area contributed by atoms with Crippen LogP contribution in [0.1, 0.15) is 20.8 Å². The fourth-order valence-corrected chi connectivity index (χ4v) is 3.21. The van der Waals surface area contributed by atoms with Gasteiger partial charge in [0.1, 0.15) is 0 Å². The van der Waals surface area contributed by atoms with Gasteiger partial charge in [0.2, 0.25) is 0 Å². The van der Waals surface area contributed by atoms with Crippen LogP contribution in [0.15, 0.2) is 28.1 Å². The number of nitrogens with one attached hydrogen (secondary N) is 1. The lowest BCUT2D eigenvalue weighted by Gasteiger charge is -2.10. The molecule has 2 rings (SSSR count). The lowest BCUT2D eigenvalue weighted by Crippen LogP contribution is -2.11.